The number of hydrogen-bond acceptors (Lipinski definition) is 3. The lowest BCUT2D eigenvalue weighted by atomic mass is 10.5. The quantitative estimate of drug-likeness (QED) is 0.674. The number of carbonyl (C=O) groups is 1. The molecule has 0 aliphatic heterocycles. The molecule has 0 radical (unpaired) electrons. The van der Waals surface area contributed by atoms with Crippen LogP contribution in [0.15, 0.2) is 0 Å². The molecule has 90 valence electrons. The Morgan fingerprint density at radius 1 is 1.33 bits per heavy atom. The SMILES string of the molecule is CCO[SiH](OCC)C(C)N(CC)C(=O)O. The monoisotopic (exact) mass is 235 g/mol. The summed E-state index contributed by atoms with van der Waals surface area (Å²) in [7, 11) is -1.91. The molecule has 0 aliphatic rings. The van der Waals surface area contributed by atoms with Crippen molar-refractivity contribution in [1.82, 2.24) is 4.90 Å². The fourth-order valence-corrected chi connectivity index (χ4v) is 3.34. The third-order valence-electron chi connectivity index (χ3n) is 2.13. The summed E-state index contributed by atoms with van der Waals surface area (Å²) in [5.41, 5.74) is -0.160. The van der Waals surface area contributed by atoms with Crippen molar-refractivity contribution in [2.75, 3.05) is 19.8 Å². The van der Waals surface area contributed by atoms with Gasteiger partial charge in [0.05, 0.1) is 5.67 Å². The zero-order chi connectivity index (χ0) is 11.8. The van der Waals surface area contributed by atoms with Gasteiger partial charge in [0.25, 0.3) is 0 Å². The Balaban J connectivity index is 4.43. The Bertz CT molecular complexity index is 185. The molecule has 0 saturated carbocycles. The molecular weight excluding hydrogens is 214 g/mol. The van der Waals surface area contributed by atoms with E-state index >= 15 is 0 Å². The first-order chi connectivity index (χ1) is 7.08. The molecule has 0 aromatic carbocycles. The van der Waals surface area contributed by atoms with E-state index in [0.717, 1.165) is 0 Å². The molecule has 1 N–H and O–H groups in total. The Hall–Kier alpha value is -0.593. The van der Waals surface area contributed by atoms with Crippen molar-refractivity contribution in [3.05, 3.63) is 0 Å². The molecule has 0 spiro atoms. The van der Waals surface area contributed by atoms with Crippen LogP contribution in [0.4, 0.5) is 4.79 Å². The van der Waals surface area contributed by atoms with Gasteiger partial charge in [0, 0.05) is 19.8 Å². The maximum absolute atomic E-state index is 10.9. The zero-order valence-corrected chi connectivity index (χ0v) is 11.0. The average Bonchev–Trinajstić information content (AvgIpc) is 2.17. The summed E-state index contributed by atoms with van der Waals surface area (Å²) in [5, 5.41) is 8.97. The minimum atomic E-state index is -1.91. The Morgan fingerprint density at radius 3 is 2.07 bits per heavy atom. The Morgan fingerprint density at radius 2 is 1.80 bits per heavy atom. The highest BCUT2D eigenvalue weighted by molar-refractivity contribution is 6.46. The van der Waals surface area contributed by atoms with Crippen LogP contribution < -0.4 is 0 Å². The van der Waals surface area contributed by atoms with Gasteiger partial charge in [-0.3, -0.25) is 0 Å². The van der Waals surface area contributed by atoms with Gasteiger partial charge in [-0.15, -0.1) is 0 Å². The van der Waals surface area contributed by atoms with E-state index in [-0.39, 0.29) is 5.67 Å². The third-order valence-corrected chi connectivity index (χ3v) is 4.61. The lowest BCUT2D eigenvalue weighted by molar-refractivity contribution is 0.124. The van der Waals surface area contributed by atoms with Crippen LogP contribution in [0.25, 0.3) is 0 Å². The summed E-state index contributed by atoms with van der Waals surface area (Å²) >= 11 is 0. The van der Waals surface area contributed by atoms with Gasteiger partial charge in [-0.2, -0.15) is 0 Å². The van der Waals surface area contributed by atoms with E-state index in [4.69, 9.17) is 14.0 Å². The van der Waals surface area contributed by atoms with E-state index in [2.05, 4.69) is 0 Å². The molecule has 6 heteroatoms. The molecule has 1 atom stereocenters. The molecule has 15 heavy (non-hydrogen) atoms. The molecule has 0 aliphatic carbocycles. The normalized spacial score (nSPS) is 12.9. The van der Waals surface area contributed by atoms with Gasteiger partial charge >= 0.3 is 15.4 Å². The van der Waals surface area contributed by atoms with Crippen molar-refractivity contribution >= 4 is 15.4 Å². The molecule has 0 heterocycles. The maximum atomic E-state index is 10.9. The van der Waals surface area contributed by atoms with Crippen molar-refractivity contribution in [1.29, 1.82) is 0 Å². The summed E-state index contributed by atoms with van der Waals surface area (Å²) in [4.78, 5) is 12.3. The van der Waals surface area contributed by atoms with E-state index in [1.54, 1.807) is 0 Å². The van der Waals surface area contributed by atoms with Crippen LogP contribution in [-0.4, -0.2) is 50.8 Å². The Kier molecular flexibility index (Phi) is 7.36. The van der Waals surface area contributed by atoms with E-state index in [0.29, 0.717) is 19.8 Å². The molecule has 0 fully saturated rings. The molecule has 0 rings (SSSR count). The van der Waals surface area contributed by atoms with Gasteiger partial charge in [-0.1, -0.05) is 0 Å². The van der Waals surface area contributed by atoms with E-state index in [1.807, 2.05) is 27.7 Å². The van der Waals surface area contributed by atoms with Crippen LogP contribution in [-0.2, 0) is 8.85 Å². The zero-order valence-electron chi connectivity index (χ0n) is 9.90. The maximum Gasteiger partial charge on any atom is 0.407 e. The summed E-state index contributed by atoms with van der Waals surface area (Å²) in [5.74, 6) is 0. The highest BCUT2D eigenvalue weighted by Gasteiger charge is 2.29. The molecule has 0 aromatic heterocycles. The molecule has 0 saturated heterocycles. The van der Waals surface area contributed by atoms with Crippen LogP contribution in [0, 0.1) is 0 Å². The molecule has 0 bridgehead atoms. The smallest absolute Gasteiger partial charge is 0.407 e. The second kappa shape index (κ2) is 7.67. The number of hydrogen-bond donors (Lipinski definition) is 1. The van der Waals surface area contributed by atoms with E-state index in [1.165, 1.54) is 4.90 Å². The van der Waals surface area contributed by atoms with Crippen molar-refractivity contribution in [2.24, 2.45) is 0 Å². The predicted molar refractivity (Wildman–Crippen MR) is 60.3 cm³/mol. The number of rotatable bonds is 7. The molecular formula is C9H21NO4Si. The summed E-state index contributed by atoms with van der Waals surface area (Å²) in [6, 6.07) is 0. The van der Waals surface area contributed by atoms with Crippen molar-refractivity contribution in [2.45, 2.75) is 33.4 Å². The second-order valence-electron chi connectivity index (χ2n) is 3.09. The molecule has 0 aromatic rings. The van der Waals surface area contributed by atoms with Crippen LogP contribution >= 0.6 is 0 Å². The Labute approximate surface area is 92.8 Å². The van der Waals surface area contributed by atoms with E-state index in [9.17, 15) is 4.79 Å². The van der Waals surface area contributed by atoms with Gasteiger partial charge in [0.1, 0.15) is 0 Å². The van der Waals surface area contributed by atoms with Crippen molar-refractivity contribution in [3.8, 4) is 0 Å². The van der Waals surface area contributed by atoms with Crippen LogP contribution in [0.2, 0.25) is 0 Å². The summed E-state index contributed by atoms with van der Waals surface area (Å²) in [6.45, 7) is 9.04. The molecule has 1 amide bonds. The first-order valence-corrected chi connectivity index (χ1v) is 6.92. The van der Waals surface area contributed by atoms with Gasteiger partial charge < -0.3 is 18.9 Å². The number of carboxylic acid groups (broad SMARTS) is 1. The summed E-state index contributed by atoms with van der Waals surface area (Å²) in [6.07, 6.45) is -0.915. The van der Waals surface area contributed by atoms with E-state index < -0.39 is 15.4 Å². The van der Waals surface area contributed by atoms with Gasteiger partial charge in [0.15, 0.2) is 0 Å². The number of amides is 1. The molecule has 1 unspecified atom stereocenters. The third kappa shape index (κ3) is 4.63. The predicted octanol–water partition coefficient (Wildman–Crippen LogP) is 1.21. The minimum absolute atomic E-state index is 0.160. The first kappa shape index (κ1) is 14.4. The fraction of sp³-hybridized carbons (Fsp3) is 0.889. The lowest BCUT2D eigenvalue weighted by Gasteiger charge is -2.29. The van der Waals surface area contributed by atoms with Crippen LogP contribution in [0.5, 0.6) is 0 Å². The molecule has 5 nitrogen and oxygen atoms in total. The average molecular weight is 235 g/mol. The van der Waals surface area contributed by atoms with Crippen LogP contribution in [0.1, 0.15) is 27.7 Å². The topological polar surface area (TPSA) is 59.0 Å². The van der Waals surface area contributed by atoms with Crippen molar-refractivity contribution in [3.63, 3.8) is 0 Å². The highest BCUT2D eigenvalue weighted by Crippen LogP contribution is 2.06. The van der Waals surface area contributed by atoms with Gasteiger partial charge in [-0.25, -0.2) is 4.79 Å². The summed E-state index contributed by atoms with van der Waals surface area (Å²) < 4.78 is 11.0. The lowest BCUT2D eigenvalue weighted by Crippen LogP contribution is -2.49. The van der Waals surface area contributed by atoms with Crippen molar-refractivity contribution < 1.29 is 18.8 Å². The second-order valence-corrected chi connectivity index (χ2v) is 5.46. The standard InChI is InChI=1S/C9H21NO4Si/c1-5-10(9(11)12)8(4)15(13-6-2)14-7-3/h8,15H,5-7H2,1-4H3,(H,11,12). The first-order valence-electron chi connectivity index (χ1n) is 5.31. The largest absolute Gasteiger partial charge is 0.465 e. The fourth-order valence-electron chi connectivity index (χ4n) is 1.40. The highest BCUT2D eigenvalue weighted by atomic mass is 28.3. The minimum Gasteiger partial charge on any atom is -0.465 e. The van der Waals surface area contributed by atoms with Crippen LogP contribution in [0.3, 0.4) is 0 Å². The number of nitrogens with zero attached hydrogens (tertiary/aromatic N) is 1. The van der Waals surface area contributed by atoms with Gasteiger partial charge in [-0.05, 0) is 27.7 Å². The van der Waals surface area contributed by atoms with Gasteiger partial charge in [0.2, 0.25) is 0 Å².